The van der Waals surface area contributed by atoms with E-state index in [1.807, 2.05) is 25.1 Å². The van der Waals surface area contributed by atoms with Crippen molar-refractivity contribution in [3.05, 3.63) is 29.8 Å². The molecule has 3 heteroatoms. The summed E-state index contributed by atoms with van der Waals surface area (Å²) in [5, 5.41) is 0. The predicted molar refractivity (Wildman–Crippen MR) is 49.5 cm³/mol. The third kappa shape index (κ3) is 0.826. The molecule has 0 aromatic heterocycles. The second kappa shape index (κ2) is 2.36. The van der Waals surface area contributed by atoms with Gasteiger partial charge >= 0.3 is 0 Å². The van der Waals surface area contributed by atoms with Crippen LogP contribution in [0.2, 0.25) is 0 Å². The first-order valence-corrected chi connectivity index (χ1v) is 4.68. The maximum atomic E-state index is 12.0. The number of benzene rings is 1. The molecular formula is C11H10O3. The summed E-state index contributed by atoms with van der Waals surface area (Å²) < 4.78 is 10.8. The summed E-state index contributed by atoms with van der Waals surface area (Å²) in [5.74, 6) is 0.734. The first kappa shape index (κ1) is 8.00. The van der Waals surface area contributed by atoms with Crippen molar-refractivity contribution in [2.45, 2.75) is 18.6 Å². The Morgan fingerprint density at radius 2 is 2.14 bits per heavy atom. The zero-order valence-corrected chi connectivity index (χ0v) is 7.82. The monoisotopic (exact) mass is 190 g/mol. The molecule has 1 aromatic rings. The minimum Gasteiger partial charge on any atom is -0.489 e. The lowest BCUT2D eigenvalue weighted by Crippen LogP contribution is -2.38. The Bertz CT molecular complexity index is 413. The molecule has 0 saturated carbocycles. The summed E-state index contributed by atoms with van der Waals surface area (Å²) in [6.45, 7) is 2.25. The Labute approximate surface area is 81.6 Å². The number of carbonyl (C=O) groups is 1. The highest BCUT2D eigenvalue weighted by atomic mass is 16.6. The van der Waals surface area contributed by atoms with Gasteiger partial charge in [-0.25, -0.2) is 0 Å². The van der Waals surface area contributed by atoms with E-state index in [0.717, 1.165) is 0 Å². The number of epoxide rings is 1. The molecule has 0 radical (unpaired) electrons. The summed E-state index contributed by atoms with van der Waals surface area (Å²) in [7, 11) is 0. The van der Waals surface area contributed by atoms with Gasteiger partial charge in [0.15, 0.2) is 5.60 Å². The number of ketones is 1. The van der Waals surface area contributed by atoms with Crippen LogP contribution in [0.1, 0.15) is 17.3 Å². The van der Waals surface area contributed by atoms with Gasteiger partial charge < -0.3 is 9.47 Å². The summed E-state index contributed by atoms with van der Waals surface area (Å²) in [6, 6.07) is 7.30. The fourth-order valence-electron chi connectivity index (χ4n) is 1.93. The molecule has 1 saturated heterocycles. The average Bonchev–Trinajstić information content (AvgIpc) is 2.86. The fourth-order valence-corrected chi connectivity index (χ4v) is 1.93. The topological polar surface area (TPSA) is 38.8 Å². The minimum absolute atomic E-state index is 0.0108. The van der Waals surface area contributed by atoms with E-state index in [9.17, 15) is 4.79 Å². The predicted octanol–water partition coefficient (Wildman–Crippen LogP) is 1.42. The maximum Gasteiger partial charge on any atom is 0.204 e. The highest BCUT2D eigenvalue weighted by Gasteiger charge is 2.62. The van der Waals surface area contributed by atoms with Crippen molar-refractivity contribution in [2.24, 2.45) is 0 Å². The van der Waals surface area contributed by atoms with Gasteiger partial charge in [0, 0.05) is 0 Å². The summed E-state index contributed by atoms with van der Waals surface area (Å²) >= 11 is 0. The molecule has 0 bridgehead atoms. The van der Waals surface area contributed by atoms with Crippen LogP contribution in [-0.4, -0.2) is 24.1 Å². The third-order valence-corrected chi connectivity index (χ3v) is 2.94. The molecule has 2 aliphatic rings. The van der Waals surface area contributed by atoms with Crippen molar-refractivity contribution in [1.29, 1.82) is 0 Å². The minimum atomic E-state index is -0.672. The summed E-state index contributed by atoms with van der Waals surface area (Å²) in [6.07, 6.45) is -0.0108. The number of hydrogen-bond acceptors (Lipinski definition) is 3. The number of fused-ring (bicyclic) bond motifs is 1. The maximum absolute atomic E-state index is 12.0. The van der Waals surface area contributed by atoms with Crippen molar-refractivity contribution in [1.82, 2.24) is 0 Å². The second-order valence-corrected chi connectivity index (χ2v) is 3.76. The number of hydrogen-bond donors (Lipinski definition) is 0. The molecule has 2 aliphatic heterocycles. The fraction of sp³-hybridized carbons (Fsp3) is 0.364. The summed E-state index contributed by atoms with van der Waals surface area (Å²) in [5.41, 5.74) is -0.0305. The molecule has 14 heavy (non-hydrogen) atoms. The van der Waals surface area contributed by atoms with Gasteiger partial charge in [-0.05, 0) is 19.1 Å². The molecule has 72 valence electrons. The van der Waals surface area contributed by atoms with Crippen LogP contribution in [0, 0.1) is 0 Å². The molecule has 2 heterocycles. The highest BCUT2D eigenvalue weighted by molar-refractivity contribution is 6.07. The van der Waals surface area contributed by atoms with E-state index in [-0.39, 0.29) is 11.9 Å². The van der Waals surface area contributed by atoms with Gasteiger partial charge in [-0.3, -0.25) is 4.79 Å². The van der Waals surface area contributed by atoms with Crippen LogP contribution in [0.3, 0.4) is 0 Å². The normalized spacial score (nSPS) is 33.8. The first-order valence-electron chi connectivity index (χ1n) is 4.68. The standard InChI is InChI=1S/C11H10O3/c1-7-11(14-7)6-13-9-5-3-2-4-8(9)10(11)12/h2-5,7H,6H2,1H3. The van der Waals surface area contributed by atoms with Crippen molar-refractivity contribution in [3.63, 3.8) is 0 Å². The van der Waals surface area contributed by atoms with Crippen LogP contribution in [0.25, 0.3) is 0 Å². The van der Waals surface area contributed by atoms with E-state index in [1.165, 1.54) is 0 Å². The van der Waals surface area contributed by atoms with Crippen LogP contribution in [0.15, 0.2) is 24.3 Å². The first-order chi connectivity index (χ1) is 6.74. The Kier molecular flexibility index (Phi) is 1.35. The van der Waals surface area contributed by atoms with Gasteiger partial charge in [0.2, 0.25) is 5.78 Å². The quantitative estimate of drug-likeness (QED) is 0.581. The SMILES string of the molecule is CC1OC12COc1ccccc1C2=O. The molecule has 2 atom stereocenters. The van der Waals surface area contributed by atoms with E-state index in [1.54, 1.807) is 6.07 Å². The van der Waals surface area contributed by atoms with Gasteiger partial charge in [0.25, 0.3) is 0 Å². The van der Waals surface area contributed by atoms with Crippen molar-refractivity contribution < 1.29 is 14.3 Å². The lowest BCUT2D eigenvalue weighted by Gasteiger charge is -2.21. The van der Waals surface area contributed by atoms with E-state index in [4.69, 9.17) is 9.47 Å². The van der Waals surface area contributed by atoms with Crippen LogP contribution >= 0.6 is 0 Å². The molecule has 1 spiro atoms. The van der Waals surface area contributed by atoms with Crippen molar-refractivity contribution in [2.75, 3.05) is 6.61 Å². The lowest BCUT2D eigenvalue weighted by atomic mass is 9.92. The molecule has 1 fully saturated rings. The number of carbonyl (C=O) groups excluding carboxylic acids is 1. The van der Waals surface area contributed by atoms with Gasteiger partial charge in [0.05, 0.1) is 11.7 Å². The summed E-state index contributed by atoms with van der Waals surface area (Å²) in [4.78, 5) is 12.0. The molecule has 3 rings (SSSR count). The average molecular weight is 190 g/mol. The molecule has 1 aromatic carbocycles. The van der Waals surface area contributed by atoms with Gasteiger partial charge in [0.1, 0.15) is 12.4 Å². The van der Waals surface area contributed by atoms with Gasteiger partial charge in [-0.15, -0.1) is 0 Å². The molecule has 0 aliphatic carbocycles. The molecule has 0 N–H and O–H groups in total. The second-order valence-electron chi connectivity index (χ2n) is 3.76. The van der Waals surface area contributed by atoms with Crippen LogP contribution in [-0.2, 0) is 4.74 Å². The largest absolute Gasteiger partial charge is 0.489 e. The van der Waals surface area contributed by atoms with Crippen molar-refractivity contribution in [3.8, 4) is 5.75 Å². The Balaban J connectivity index is 2.09. The van der Waals surface area contributed by atoms with Crippen LogP contribution in [0.5, 0.6) is 5.75 Å². The smallest absolute Gasteiger partial charge is 0.204 e. The van der Waals surface area contributed by atoms with E-state index >= 15 is 0 Å². The van der Waals surface area contributed by atoms with E-state index < -0.39 is 5.60 Å². The number of para-hydroxylation sites is 1. The van der Waals surface area contributed by atoms with Gasteiger partial charge in [-0.2, -0.15) is 0 Å². The highest BCUT2D eigenvalue weighted by Crippen LogP contribution is 2.44. The van der Waals surface area contributed by atoms with Crippen LogP contribution in [0.4, 0.5) is 0 Å². The Morgan fingerprint density at radius 3 is 2.86 bits per heavy atom. The van der Waals surface area contributed by atoms with Crippen molar-refractivity contribution >= 4 is 5.78 Å². The van der Waals surface area contributed by atoms with E-state index in [0.29, 0.717) is 17.9 Å². The zero-order chi connectivity index (χ0) is 9.76. The number of rotatable bonds is 0. The van der Waals surface area contributed by atoms with Gasteiger partial charge in [-0.1, -0.05) is 12.1 Å². The Hall–Kier alpha value is -1.35. The number of Topliss-reactive ketones (excluding diaryl/α,β-unsaturated/α-hetero) is 1. The molecule has 3 nitrogen and oxygen atoms in total. The van der Waals surface area contributed by atoms with E-state index in [2.05, 4.69) is 0 Å². The molecule has 2 unspecified atom stereocenters. The third-order valence-electron chi connectivity index (χ3n) is 2.94. The zero-order valence-electron chi connectivity index (χ0n) is 7.82. The van der Waals surface area contributed by atoms with Crippen LogP contribution < -0.4 is 4.74 Å². The molecule has 0 amide bonds. The molecular weight excluding hydrogens is 180 g/mol. The Morgan fingerprint density at radius 1 is 1.43 bits per heavy atom. The number of ether oxygens (including phenoxy) is 2. The lowest BCUT2D eigenvalue weighted by molar-refractivity contribution is 0.0755.